The standard InChI is InChI=1S/C12H15NO/c1-2-14-12-9-11-6-4-3-5-10(11)7-8-13-12/h3-6H,2,7-9H2,1H3. The van der Waals surface area contributed by atoms with Gasteiger partial charge in [-0.2, -0.15) is 0 Å². The highest BCUT2D eigenvalue weighted by Gasteiger charge is 2.10. The molecule has 0 amide bonds. The summed E-state index contributed by atoms with van der Waals surface area (Å²) < 4.78 is 5.47. The number of hydrogen-bond donors (Lipinski definition) is 0. The molecular weight excluding hydrogens is 174 g/mol. The van der Waals surface area contributed by atoms with Crippen molar-refractivity contribution in [3.8, 4) is 0 Å². The van der Waals surface area contributed by atoms with Gasteiger partial charge in [0.25, 0.3) is 0 Å². The molecular formula is C12H15NO. The van der Waals surface area contributed by atoms with Crippen molar-refractivity contribution in [2.24, 2.45) is 4.99 Å². The molecule has 0 atom stereocenters. The zero-order chi connectivity index (χ0) is 9.80. The average Bonchev–Trinajstić information content (AvgIpc) is 2.40. The van der Waals surface area contributed by atoms with Gasteiger partial charge >= 0.3 is 0 Å². The van der Waals surface area contributed by atoms with E-state index in [0.717, 1.165) is 25.3 Å². The Balaban J connectivity index is 2.21. The van der Waals surface area contributed by atoms with Crippen molar-refractivity contribution in [3.63, 3.8) is 0 Å². The molecule has 1 aliphatic heterocycles. The predicted octanol–water partition coefficient (Wildman–Crippen LogP) is 2.22. The fourth-order valence-electron chi connectivity index (χ4n) is 1.76. The molecule has 2 heteroatoms. The van der Waals surface area contributed by atoms with Crippen LogP contribution in [0, 0.1) is 0 Å². The molecule has 1 aromatic rings. The molecule has 1 aliphatic rings. The number of benzene rings is 1. The largest absolute Gasteiger partial charge is 0.481 e. The maximum atomic E-state index is 5.47. The van der Waals surface area contributed by atoms with Crippen LogP contribution < -0.4 is 0 Å². The van der Waals surface area contributed by atoms with Gasteiger partial charge in [-0.1, -0.05) is 24.3 Å². The zero-order valence-electron chi connectivity index (χ0n) is 8.49. The quantitative estimate of drug-likeness (QED) is 0.663. The van der Waals surface area contributed by atoms with Crippen molar-refractivity contribution in [2.75, 3.05) is 13.2 Å². The molecule has 1 aromatic carbocycles. The van der Waals surface area contributed by atoms with E-state index in [4.69, 9.17) is 4.74 Å². The van der Waals surface area contributed by atoms with Crippen molar-refractivity contribution in [1.82, 2.24) is 0 Å². The van der Waals surface area contributed by atoms with E-state index in [1.54, 1.807) is 0 Å². The summed E-state index contributed by atoms with van der Waals surface area (Å²) in [7, 11) is 0. The number of rotatable bonds is 1. The zero-order valence-corrected chi connectivity index (χ0v) is 8.49. The molecule has 0 aliphatic carbocycles. The predicted molar refractivity (Wildman–Crippen MR) is 57.8 cm³/mol. The minimum absolute atomic E-state index is 0.709. The lowest BCUT2D eigenvalue weighted by Crippen LogP contribution is -2.08. The van der Waals surface area contributed by atoms with Gasteiger partial charge in [0, 0.05) is 13.0 Å². The molecule has 74 valence electrons. The van der Waals surface area contributed by atoms with Crippen LogP contribution in [0.4, 0.5) is 0 Å². The van der Waals surface area contributed by atoms with E-state index < -0.39 is 0 Å². The molecule has 0 fully saturated rings. The number of fused-ring (bicyclic) bond motifs is 1. The third-order valence-corrected chi connectivity index (χ3v) is 2.44. The second-order valence-electron chi connectivity index (χ2n) is 3.40. The first-order chi connectivity index (χ1) is 6.90. The molecule has 1 heterocycles. The van der Waals surface area contributed by atoms with Crippen LogP contribution >= 0.6 is 0 Å². The van der Waals surface area contributed by atoms with Gasteiger partial charge in [0.2, 0.25) is 0 Å². The first-order valence-corrected chi connectivity index (χ1v) is 5.13. The maximum absolute atomic E-state index is 5.47. The monoisotopic (exact) mass is 189 g/mol. The molecule has 2 rings (SSSR count). The highest BCUT2D eigenvalue weighted by Crippen LogP contribution is 2.14. The fourth-order valence-corrected chi connectivity index (χ4v) is 1.76. The van der Waals surface area contributed by atoms with Crippen LogP contribution in [0.25, 0.3) is 0 Å². The molecule has 0 aromatic heterocycles. The lowest BCUT2D eigenvalue weighted by molar-refractivity contribution is 0.319. The highest BCUT2D eigenvalue weighted by atomic mass is 16.5. The van der Waals surface area contributed by atoms with E-state index >= 15 is 0 Å². The lowest BCUT2D eigenvalue weighted by Gasteiger charge is -2.06. The number of nitrogens with zero attached hydrogens (tertiary/aromatic N) is 1. The Morgan fingerprint density at radius 2 is 2.07 bits per heavy atom. The van der Waals surface area contributed by atoms with E-state index in [1.165, 1.54) is 11.1 Å². The summed E-state index contributed by atoms with van der Waals surface area (Å²) in [5.41, 5.74) is 2.77. The molecule has 2 nitrogen and oxygen atoms in total. The summed E-state index contributed by atoms with van der Waals surface area (Å²) in [5.74, 6) is 0.887. The smallest absolute Gasteiger partial charge is 0.187 e. The molecule has 0 saturated carbocycles. The average molecular weight is 189 g/mol. The van der Waals surface area contributed by atoms with Gasteiger partial charge in [0.15, 0.2) is 5.90 Å². The SMILES string of the molecule is CCOC1=NCCc2ccccc2C1. The van der Waals surface area contributed by atoms with E-state index in [9.17, 15) is 0 Å². The molecule has 0 bridgehead atoms. The van der Waals surface area contributed by atoms with Crippen LogP contribution in [0.5, 0.6) is 0 Å². The Morgan fingerprint density at radius 1 is 1.29 bits per heavy atom. The number of aliphatic imine (C=N–C) groups is 1. The molecule has 14 heavy (non-hydrogen) atoms. The second kappa shape index (κ2) is 4.27. The number of hydrogen-bond acceptors (Lipinski definition) is 2. The first-order valence-electron chi connectivity index (χ1n) is 5.13. The molecule has 0 N–H and O–H groups in total. The van der Waals surface area contributed by atoms with E-state index in [1.807, 2.05) is 6.92 Å². The normalized spacial score (nSPS) is 15.4. The van der Waals surface area contributed by atoms with Crippen LogP contribution in [0.2, 0.25) is 0 Å². The van der Waals surface area contributed by atoms with Crippen molar-refractivity contribution in [1.29, 1.82) is 0 Å². The minimum atomic E-state index is 0.709. The van der Waals surface area contributed by atoms with Crippen molar-refractivity contribution < 1.29 is 4.74 Å². The summed E-state index contributed by atoms with van der Waals surface area (Å²) in [6.07, 6.45) is 1.89. The Kier molecular flexibility index (Phi) is 2.82. The second-order valence-corrected chi connectivity index (χ2v) is 3.40. The minimum Gasteiger partial charge on any atom is -0.481 e. The van der Waals surface area contributed by atoms with E-state index in [2.05, 4.69) is 29.3 Å². The van der Waals surface area contributed by atoms with Crippen LogP contribution in [0.15, 0.2) is 29.3 Å². The molecule has 0 saturated heterocycles. The van der Waals surface area contributed by atoms with E-state index in [0.29, 0.717) is 6.61 Å². The summed E-state index contributed by atoms with van der Waals surface area (Å²) >= 11 is 0. The molecule has 0 spiro atoms. The lowest BCUT2D eigenvalue weighted by atomic mass is 10.0. The van der Waals surface area contributed by atoms with E-state index in [-0.39, 0.29) is 0 Å². The van der Waals surface area contributed by atoms with Gasteiger partial charge in [-0.15, -0.1) is 0 Å². The van der Waals surface area contributed by atoms with Gasteiger partial charge < -0.3 is 4.74 Å². The van der Waals surface area contributed by atoms with Gasteiger partial charge in [-0.25, -0.2) is 0 Å². The van der Waals surface area contributed by atoms with Gasteiger partial charge in [-0.3, -0.25) is 4.99 Å². The molecule has 0 radical (unpaired) electrons. The van der Waals surface area contributed by atoms with Gasteiger partial charge in [-0.05, 0) is 24.5 Å². The first kappa shape index (κ1) is 9.25. The van der Waals surface area contributed by atoms with Crippen molar-refractivity contribution in [3.05, 3.63) is 35.4 Å². The fraction of sp³-hybridized carbons (Fsp3) is 0.417. The van der Waals surface area contributed by atoms with Gasteiger partial charge in [0.1, 0.15) is 0 Å². The van der Waals surface area contributed by atoms with Crippen molar-refractivity contribution >= 4 is 5.90 Å². The van der Waals surface area contributed by atoms with Crippen molar-refractivity contribution in [2.45, 2.75) is 19.8 Å². The molecule has 0 unspecified atom stereocenters. The highest BCUT2D eigenvalue weighted by molar-refractivity contribution is 5.79. The third-order valence-electron chi connectivity index (χ3n) is 2.44. The van der Waals surface area contributed by atoms with Crippen LogP contribution in [0.1, 0.15) is 18.1 Å². The van der Waals surface area contributed by atoms with Crippen LogP contribution in [-0.2, 0) is 17.6 Å². The Bertz CT molecular complexity index is 344. The Hall–Kier alpha value is -1.31. The summed E-state index contributed by atoms with van der Waals surface area (Å²) in [6, 6.07) is 8.51. The summed E-state index contributed by atoms with van der Waals surface area (Å²) in [4.78, 5) is 4.42. The Labute approximate surface area is 84.6 Å². The van der Waals surface area contributed by atoms with Crippen LogP contribution in [0.3, 0.4) is 0 Å². The third kappa shape index (κ3) is 1.95. The summed E-state index contributed by atoms with van der Waals surface area (Å²) in [6.45, 7) is 3.56. The van der Waals surface area contributed by atoms with Crippen LogP contribution in [-0.4, -0.2) is 19.0 Å². The summed E-state index contributed by atoms with van der Waals surface area (Å²) in [5, 5.41) is 0. The topological polar surface area (TPSA) is 21.6 Å². The Morgan fingerprint density at radius 3 is 2.86 bits per heavy atom. The maximum Gasteiger partial charge on any atom is 0.187 e. The number of ether oxygens (including phenoxy) is 1. The van der Waals surface area contributed by atoms with Gasteiger partial charge in [0.05, 0.1) is 6.61 Å².